The second-order valence-corrected chi connectivity index (χ2v) is 12.3. The monoisotopic (exact) mass is 543 g/mol. The number of hydrogen-bond donors (Lipinski definition) is 0. The Kier molecular flexibility index (Phi) is 8.21. The maximum atomic E-state index is 4.23. The van der Waals surface area contributed by atoms with Crippen LogP contribution in [0.15, 0.2) is 92.0 Å². The molecule has 5 aromatic rings. The second-order valence-electron chi connectivity index (χ2n) is 12.3. The fourth-order valence-electron chi connectivity index (χ4n) is 5.76. The number of nitrogens with zero attached hydrogens (tertiary/aromatic N) is 4. The van der Waals surface area contributed by atoms with Crippen LogP contribution in [0.5, 0.6) is 0 Å². The fourth-order valence-corrected chi connectivity index (χ4v) is 5.76. The largest absolute Gasteiger partial charge is 0.265 e. The minimum absolute atomic E-state index is 0.372. The summed E-state index contributed by atoms with van der Waals surface area (Å²) in [4.78, 5) is 8.47. The first-order chi connectivity index (χ1) is 19.7. The van der Waals surface area contributed by atoms with Crippen molar-refractivity contribution in [2.45, 2.75) is 79.1 Å². The first kappa shape index (κ1) is 28.5. The summed E-state index contributed by atoms with van der Waals surface area (Å²) in [5.41, 5.74) is 12.9. The van der Waals surface area contributed by atoms with Gasteiger partial charge in [0, 0.05) is 47.0 Å². The molecule has 0 radical (unpaired) electrons. The van der Waals surface area contributed by atoms with Crippen molar-refractivity contribution in [1.29, 1.82) is 0 Å². The summed E-state index contributed by atoms with van der Waals surface area (Å²) < 4.78 is 4.68. The molecular formula is C37H43N4+. The highest BCUT2D eigenvalue weighted by atomic mass is 15.1. The molecule has 0 fully saturated rings. The smallest absolute Gasteiger partial charge is 0.254 e. The molecule has 3 aromatic heterocycles. The molecule has 0 saturated carbocycles. The molecule has 210 valence electrons. The molecule has 0 aliphatic heterocycles. The zero-order valence-electron chi connectivity index (χ0n) is 25.8. The molecule has 0 spiro atoms. The van der Waals surface area contributed by atoms with Crippen LogP contribution in [0, 0.1) is 0 Å². The van der Waals surface area contributed by atoms with Gasteiger partial charge in [-0.25, -0.2) is 9.13 Å². The zero-order valence-corrected chi connectivity index (χ0v) is 25.8. The van der Waals surface area contributed by atoms with Gasteiger partial charge in [0.05, 0.1) is 0 Å². The molecular weight excluding hydrogens is 500 g/mol. The van der Waals surface area contributed by atoms with Crippen molar-refractivity contribution in [3.05, 3.63) is 114 Å². The van der Waals surface area contributed by atoms with E-state index in [0.29, 0.717) is 23.7 Å². The molecule has 0 saturated heterocycles. The van der Waals surface area contributed by atoms with Crippen molar-refractivity contribution in [3.8, 4) is 33.6 Å². The summed E-state index contributed by atoms with van der Waals surface area (Å²) in [5, 5.41) is 0. The summed E-state index contributed by atoms with van der Waals surface area (Å²) in [5.74, 6) is 1.49. The Bertz CT molecular complexity index is 1450. The Morgan fingerprint density at radius 3 is 1.32 bits per heavy atom. The van der Waals surface area contributed by atoms with Crippen molar-refractivity contribution in [1.82, 2.24) is 14.5 Å². The lowest BCUT2D eigenvalue weighted by molar-refractivity contribution is -0.596. The van der Waals surface area contributed by atoms with Crippen LogP contribution in [0.2, 0.25) is 0 Å². The van der Waals surface area contributed by atoms with Crippen LogP contribution in [-0.2, 0) is 0 Å². The van der Waals surface area contributed by atoms with Gasteiger partial charge in [0.25, 0.3) is 6.33 Å². The fraction of sp³-hybridized carbons (Fsp3) is 0.324. The van der Waals surface area contributed by atoms with Crippen molar-refractivity contribution in [3.63, 3.8) is 0 Å². The molecule has 4 heteroatoms. The molecule has 2 aromatic carbocycles. The van der Waals surface area contributed by atoms with Crippen LogP contribution in [0.25, 0.3) is 33.6 Å². The molecule has 0 N–H and O–H groups in total. The molecule has 0 atom stereocenters. The molecule has 0 amide bonds. The van der Waals surface area contributed by atoms with E-state index in [1.807, 2.05) is 24.8 Å². The van der Waals surface area contributed by atoms with Crippen LogP contribution < -0.4 is 4.57 Å². The Labute approximate surface area is 245 Å². The van der Waals surface area contributed by atoms with Crippen LogP contribution in [0.3, 0.4) is 0 Å². The summed E-state index contributed by atoms with van der Waals surface area (Å²) in [7, 11) is 0. The Hall–Kier alpha value is -4.05. The van der Waals surface area contributed by atoms with Crippen molar-refractivity contribution in [2.24, 2.45) is 0 Å². The summed E-state index contributed by atoms with van der Waals surface area (Å²) in [6.07, 6.45) is 14.2. The van der Waals surface area contributed by atoms with E-state index in [1.165, 1.54) is 55.9 Å². The lowest BCUT2D eigenvalue weighted by atomic mass is 9.88. The van der Waals surface area contributed by atoms with E-state index in [-0.39, 0.29) is 0 Å². The molecule has 0 bridgehead atoms. The number of pyridine rings is 2. The highest BCUT2D eigenvalue weighted by Crippen LogP contribution is 2.37. The van der Waals surface area contributed by atoms with Gasteiger partial charge in [-0.15, -0.1) is 0 Å². The first-order valence-corrected chi connectivity index (χ1v) is 14.9. The lowest BCUT2D eigenvalue weighted by Gasteiger charge is -2.20. The van der Waals surface area contributed by atoms with Gasteiger partial charge in [0.2, 0.25) is 0 Å². The molecule has 4 nitrogen and oxygen atoms in total. The van der Waals surface area contributed by atoms with Gasteiger partial charge in [-0.05, 0) is 94.5 Å². The zero-order chi connectivity index (χ0) is 29.3. The summed E-state index contributed by atoms with van der Waals surface area (Å²) in [6.45, 7) is 18.4. The van der Waals surface area contributed by atoms with E-state index in [0.717, 1.165) is 0 Å². The van der Waals surface area contributed by atoms with Crippen molar-refractivity contribution in [2.75, 3.05) is 0 Å². The van der Waals surface area contributed by atoms with Gasteiger partial charge in [0.15, 0.2) is 0 Å². The normalized spacial score (nSPS) is 11.8. The topological polar surface area (TPSA) is 34.6 Å². The van der Waals surface area contributed by atoms with Gasteiger partial charge in [0.1, 0.15) is 23.8 Å². The Balaban J connectivity index is 1.70. The Morgan fingerprint density at radius 1 is 0.537 bits per heavy atom. The van der Waals surface area contributed by atoms with E-state index < -0.39 is 0 Å². The predicted molar refractivity (Wildman–Crippen MR) is 170 cm³/mol. The van der Waals surface area contributed by atoms with Gasteiger partial charge in [-0.3, -0.25) is 9.97 Å². The third kappa shape index (κ3) is 5.74. The van der Waals surface area contributed by atoms with Crippen LogP contribution in [0.4, 0.5) is 0 Å². The predicted octanol–water partition coefficient (Wildman–Crippen LogP) is 9.37. The van der Waals surface area contributed by atoms with Gasteiger partial charge in [-0.1, -0.05) is 55.4 Å². The number of imidazole rings is 1. The molecule has 0 unspecified atom stereocenters. The lowest BCUT2D eigenvalue weighted by Crippen LogP contribution is -2.32. The van der Waals surface area contributed by atoms with Crippen LogP contribution >= 0.6 is 0 Å². The van der Waals surface area contributed by atoms with E-state index >= 15 is 0 Å². The highest BCUT2D eigenvalue weighted by molar-refractivity contribution is 5.70. The quantitative estimate of drug-likeness (QED) is 0.183. The van der Waals surface area contributed by atoms with E-state index in [1.54, 1.807) is 0 Å². The van der Waals surface area contributed by atoms with Crippen molar-refractivity contribution >= 4 is 0 Å². The average molecular weight is 544 g/mol. The maximum Gasteiger partial charge on any atom is 0.254 e. The molecule has 5 rings (SSSR count). The van der Waals surface area contributed by atoms with E-state index in [4.69, 9.17) is 0 Å². The maximum absolute atomic E-state index is 4.23. The van der Waals surface area contributed by atoms with Crippen LogP contribution in [0.1, 0.15) is 101 Å². The molecule has 3 heterocycles. The minimum atomic E-state index is 0.372. The number of hydrogen-bond acceptors (Lipinski definition) is 2. The third-order valence-corrected chi connectivity index (χ3v) is 8.01. The standard InChI is InChI=1S/C37H43N4/c1-24(2)32-19-30(28-9-13-38-14-10-28)20-33(25(3)4)36(32)40-17-18-41(23-40)37-34(26(5)6)21-31(22-35(37)27(7)8)29-11-15-39-16-12-29/h9-27H,1-8H3/q+1. The van der Waals surface area contributed by atoms with Gasteiger partial charge >= 0.3 is 0 Å². The summed E-state index contributed by atoms with van der Waals surface area (Å²) in [6, 6.07) is 17.9. The van der Waals surface area contributed by atoms with E-state index in [9.17, 15) is 0 Å². The molecule has 0 aliphatic rings. The van der Waals surface area contributed by atoms with Crippen molar-refractivity contribution < 1.29 is 4.57 Å². The number of aromatic nitrogens is 4. The SMILES string of the molecule is CC(C)c1cc(-c2ccncc2)cc(C(C)C)c1-n1cc[n+](-c2c(C(C)C)cc(-c3ccncc3)cc2C(C)C)c1. The molecule has 41 heavy (non-hydrogen) atoms. The van der Waals surface area contributed by atoms with E-state index in [2.05, 4.69) is 142 Å². The number of rotatable bonds is 8. The average Bonchev–Trinajstić information content (AvgIpc) is 3.46. The minimum Gasteiger partial charge on any atom is -0.265 e. The third-order valence-electron chi connectivity index (χ3n) is 8.01. The van der Waals surface area contributed by atoms with Gasteiger partial charge < -0.3 is 0 Å². The van der Waals surface area contributed by atoms with Gasteiger partial charge in [-0.2, -0.15) is 0 Å². The highest BCUT2D eigenvalue weighted by Gasteiger charge is 2.26. The Morgan fingerprint density at radius 2 is 0.927 bits per heavy atom. The van der Waals surface area contributed by atoms with Crippen LogP contribution in [-0.4, -0.2) is 14.5 Å². The second kappa shape index (κ2) is 11.8. The summed E-state index contributed by atoms with van der Waals surface area (Å²) >= 11 is 0. The molecule has 0 aliphatic carbocycles. The first-order valence-electron chi connectivity index (χ1n) is 14.9. The number of benzene rings is 2.